The number of aryl methyl sites for hydroxylation is 1. The Bertz CT molecular complexity index is 572. The van der Waals surface area contributed by atoms with Crippen molar-refractivity contribution < 1.29 is 14.7 Å². The molecule has 2 rings (SSSR count). The number of carbonyl (C=O) groups is 2. The normalized spacial score (nSPS) is 10.3. The maximum absolute atomic E-state index is 11.0. The molecule has 16 heavy (non-hydrogen) atoms. The van der Waals surface area contributed by atoms with Crippen molar-refractivity contribution >= 4 is 28.6 Å². The molecule has 2 aromatic rings. The maximum Gasteiger partial charge on any atom is 0.394 e. The molecule has 1 amide bonds. The summed E-state index contributed by atoms with van der Waals surface area (Å²) in [7, 11) is 1.76. The number of carboxylic acid groups (broad SMARTS) is 1. The zero-order valence-electron chi connectivity index (χ0n) is 8.60. The zero-order valence-corrected chi connectivity index (χ0v) is 8.60. The SMILES string of the molecule is Cn1c(NC(=O)C(=O)O)cc2ccccc21. The molecule has 0 unspecified atom stereocenters. The second-order valence-electron chi connectivity index (χ2n) is 3.41. The monoisotopic (exact) mass is 218 g/mol. The summed E-state index contributed by atoms with van der Waals surface area (Å²) in [6.07, 6.45) is 0. The van der Waals surface area contributed by atoms with Gasteiger partial charge in [0.05, 0.1) is 0 Å². The van der Waals surface area contributed by atoms with Crippen LogP contribution in [-0.2, 0) is 16.6 Å². The van der Waals surface area contributed by atoms with Gasteiger partial charge in [0.25, 0.3) is 0 Å². The number of rotatable bonds is 1. The number of carboxylic acids is 1. The lowest BCUT2D eigenvalue weighted by Crippen LogP contribution is -2.22. The van der Waals surface area contributed by atoms with Crippen LogP contribution in [-0.4, -0.2) is 21.6 Å². The topological polar surface area (TPSA) is 71.3 Å². The number of amides is 1. The van der Waals surface area contributed by atoms with Crippen molar-refractivity contribution in [2.24, 2.45) is 7.05 Å². The van der Waals surface area contributed by atoms with Crippen molar-refractivity contribution in [2.75, 3.05) is 5.32 Å². The number of nitrogens with one attached hydrogen (secondary N) is 1. The molecule has 0 radical (unpaired) electrons. The van der Waals surface area contributed by atoms with E-state index in [2.05, 4.69) is 5.32 Å². The quantitative estimate of drug-likeness (QED) is 0.706. The van der Waals surface area contributed by atoms with E-state index in [1.54, 1.807) is 17.7 Å². The van der Waals surface area contributed by atoms with Crippen molar-refractivity contribution in [3.63, 3.8) is 0 Å². The Morgan fingerprint density at radius 1 is 1.31 bits per heavy atom. The number of benzene rings is 1. The summed E-state index contributed by atoms with van der Waals surface area (Å²) in [4.78, 5) is 21.4. The van der Waals surface area contributed by atoms with Crippen LogP contribution in [0, 0.1) is 0 Å². The maximum atomic E-state index is 11.0. The van der Waals surface area contributed by atoms with Gasteiger partial charge in [-0.25, -0.2) is 4.79 Å². The molecule has 0 fully saturated rings. The van der Waals surface area contributed by atoms with Crippen LogP contribution < -0.4 is 5.32 Å². The molecule has 82 valence electrons. The van der Waals surface area contributed by atoms with E-state index in [4.69, 9.17) is 5.11 Å². The standard InChI is InChI=1S/C11H10N2O3/c1-13-8-5-3-2-4-7(8)6-9(13)12-10(14)11(15)16/h2-6H,1H3,(H,12,14)(H,15,16). The highest BCUT2D eigenvalue weighted by Crippen LogP contribution is 2.21. The van der Waals surface area contributed by atoms with E-state index in [0.29, 0.717) is 5.82 Å². The van der Waals surface area contributed by atoms with E-state index in [1.807, 2.05) is 24.3 Å². The second kappa shape index (κ2) is 3.69. The molecule has 0 atom stereocenters. The van der Waals surface area contributed by atoms with Gasteiger partial charge in [0, 0.05) is 18.0 Å². The van der Waals surface area contributed by atoms with E-state index in [-0.39, 0.29) is 0 Å². The molecule has 0 aliphatic heterocycles. The lowest BCUT2D eigenvalue weighted by molar-refractivity contribution is -0.147. The fraction of sp³-hybridized carbons (Fsp3) is 0.0909. The third kappa shape index (κ3) is 1.63. The van der Waals surface area contributed by atoms with E-state index in [9.17, 15) is 9.59 Å². The van der Waals surface area contributed by atoms with Crippen LogP contribution in [0.4, 0.5) is 5.82 Å². The van der Waals surface area contributed by atoms with Crippen LogP contribution in [0.15, 0.2) is 30.3 Å². The first-order valence-electron chi connectivity index (χ1n) is 4.68. The number of nitrogens with zero attached hydrogens (tertiary/aromatic N) is 1. The van der Waals surface area contributed by atoms with E-state index >= 15 is 0 Å². The molecule has 2 N–H and O–H groups in total. The van der Waals surface area contributed by atoms with Gasteiger partial charge in [-0.2, -0.15) is 0 Å². The highest BCUT2D eigenvalue weighted by molar-refractivity contribution is 6.36. The molecule has 1 aromatic carbocycles. The highest BCUT2D eigenvalue weighted by Gasteiger charge is 2.14. The van der Waals surface area contributed by atoms with Gasteiger partial charge < -0.3 is 15.0 Å². The number of aliphatic carboxylic acids is 1. The fourth-order valence-corrected chi connectivity index (χ4v) is 1.58. The summed E-state index contributed by atoms with van der Waals surface area (Å²) >= 11 is 0. The molecule has 5 heteroatoms. The molecular weight excluding hydrogens is 208 g/mol. The minimum atomic E-state index is -1.50. The molecule has 0 saturated heterocycles. The summed E-state index contributed by atoms with van der Waals surface area (Å²) in [5.41, 5.74) is 0.934. The summed E-state index contributed by atoms with van der Waals surface area (Å²) < 4.78 is 1.73. The summed E-state index contributed by atoms with van der Waals surface area (Å²) in [6.45, 7) is 0. The lowest BCUT2D eigenvalue weighted by atomic mass is 10.2. The van der Waals surface area contributed by atoms with E-state index < -0.39 is 11.9 Å². The van der Waals surface area contributed by atoms with Gasteiger partial charge in [0.15, 0.2) is 0 Å². The van der Waals surface area contributed by atoms with Crippen molar-refractivity contribution in [3.8, 4) is 0 Å². The average Bonchev–Trinajstić information content (AvgIpc) is 2.56. The first-order valence-corrected chi connectivity index (χ1v) is 4.68. The van der Waals surface area contributed by atoms with Gasteiger partial charge in [0.1, 0.15) is 5.82 Å². The summed E-state index contributed by atoms with van der Waals surface area (Å²) in [6, 6.07) is 9.28. The van der Waals surface area contributed by atoms with Crippen LogP contribution >= 0.6 is 0 Å². The van der Waals surface area contributed by atoms with Crippen molar-refractivity contribution in [3.05, 3.63) is 30.3 Å². The molecule has 1 aromatic heterocycles. The first kappa shape index (κ1) is 10.2. The van der Waals surface area contributed by atoms with Crippen molar-refractivity contribution in [2.45, 2.75) is 0 Å². The predicted molar refractivity (Wildman–Crippen MR) is 59.2 cm³/mol. The number of aromatic nitrogens is 1. The first-order chi connectivity index (χ1) is 7.59. The average molecular weight is 218 g/mol. The van der Waals surface area contributed by atoms with Gasteiger partial charge in [-0.3, -0.25) is 4.79 Å². The Morgan fingerprint density at radius 3 is 2.62 bits per heavy atom. The van der Waals surface area contributed by atoms with Crippen LogP contribution in [0.3, 0.4) is 0 Å². The number of fused-ring (bicyclic) bond motifs is 1. The Morgan fingerprint density at radius 2 is 2.00 bits per heavy atom. The minimum Gasteiger partial charge on any atom is -0.474 e. The van der Waals surface area contributed by atoms with Gasteiger partial charge >= 0.3 is 11.9 Å². The highest BCUT2D eigenvalue weighted by atomic mass is 16.4. The van der Waals surface area contributed by atoms with Gasteiger partial charge in [-0.1, -0.05) is 18.2 Å². The number of hydrogen-bond donors (Lipinski definition) is 2. The smallest absolute Gasteiger partial charge is 0.394 e. The summed E-state index contributed by atoms with van der Waals surface area (Å²) in [5.74, 6) is -2.07. The predicted octanol–water partition coefficient (Wildman–Crippen LogP) is 1.20. The number of anilines is 1. The van der Waals surface area contributed by atoms with Crippen molar-refractivity contribution in [1.82, 2.24) is 4.57 Å². The third-order valence-corrected chi connectivity index (χ3v) is 2.39. The largest absolute Gasteiger partial charge is 0.474 e. The number of carbonyl (C=O) groups excluding carboxylic acids is 1. The minimum absolute atomic E-state index is 0.466. The third-order valence-electron chi connectivity index (χ3n) is 2.39. The Labute approximate surface area is 91.3 Å². The molecule has 5 nitrogen and oxygen atoms in total. The van der Waals surface area contributed by atoms with Gasteiger partial charge in [-0.15, -0.1) is 0 Å². The van der Waals surface area contributed by atoms with Crippen LogP contribution in [0.1, 0.15) is 0 Å². The summed E-state index contributed by atoms with van der Waals surface area (Å²) in [5, 5.41) is 11.8. The lowest BCUT2D eigenvalue weighted by Gasteiger charge is -2.03. The van der Waals surface area contributed by atoms with E-state index in [0.717, 1.165) is 10.9 Å². The van der Waals surface area contributed by atoms with Crippen LogP contribution in [0.5, 0.6) is 0 Å². The molecule has 0 aliphatic carbocycles. The van der Waals surface area contributed by atoms with Gasteiger partial charge in [0.2, 0.25) is 0 Å². The van der Waals surface area contributed by atoms with Crippen LogP contribution in [0.25, 0.3) is 10.9 Å². The molecule has 1 heterocycles. The molecule has 0 spiro atoms. The van der Waals surface area contributed by atoms with Crippen molar-refractivity contribution in [1.29, 1.82) is 0 Å². The Balaban J connectivity index is 2.42. The number of hydrogen-bond acceptors (Lipinski definition) is 2. The molecule has 0 aliphatic rings. The molecule has 0 bridgehead atoms. The zero-order chi connectivity index (χ0) is 11.7. The second-order valence-corrected chi connectivity index (χ2v) is 3.41. The van der Waals surface area contributed by atoms with Gasteiger partial charge in [-0.05, 0) is 12.1 Å². The van der Waals surface area contributed by atoms with Crippen LogP contribution in [0.2, 0.25) is 0 Å². The number of para-hydroxylation sites is 1. The molecular formula is C11H10N2O3. The Kier molecular flexibility index (Phi) is 2.36. The fourth-order valence-electron chi connectivity index (χ4n) is 1.58. The molecule has 0 saturated carbocycles. The Hall–Kier alpha value is -2.30. The van der Waals surface area contributed by atoms with E-state index in [1.165, 1.54) is 0 Å².